The molecule has 8 heteroatoms. The summed E-state index contributed by atoms with van der Waals surface area (Å²) in [6.45, 7) is 6.08. The van der Waals surface area contributed by atoms with Gasteiger partial charge in [-0.25, -0.2) is 0 Å². The number of nitrogens with one attached hydrogen (secondary N) is 3. The zero-order valence-electron chi connectivity index (χ0n) is 15.8. The van der Waals surface area contributed by atoms with Crippen molar-refractivity contribution in [2.75, 3.05) is 6.54 Å². The Balaban J connectivity index is 1.66. The molecule has 0 saturated heterocycles. The summed E-state index contributed by atoms with van der Waals surface area (Å²) in [5, 5.41) is 12.7. The van der Waals surface area contributed by atoms with Crippen LogP contribution in [-0.4, -0.2) is 33.1 Å². The van der Waals surface area contributed by atoms with Crippen LogP contribution in [0.25, 0.3) is 0 Å². The molecule has 1 atom stereocenters. The number of aryl methyl sites for hydroxylation is 2. The summed E-state index contributed by atoms with van der Waals surface area (Å²) in [6.07, 6.45) is 3.75. The van der Waals surface area contributed by atoms with Gasteiger partial charge in [-0.15, -0.1) is 0 Å². The monoisotopic (exact) mass is 371 g/mol. The van der Waals surface area contributed by atoms with Gasteiger partial charge in [-0.3, -0.25) is 19.5 Å². The third-order valence-electron chi connectivity index (χ3n) is 4.82. The molecule has 0 unspecified atom stereocenters. The van der Waals surface area contributed by atoms with Gasteiger partial charge in [-0.05, 0) is 51.7 Å². The lowest BCUT2D eigenvalue weighted by Crippen LogP contribution is -2.37. The van der Waals surface area contributed by atoms with Crippen LogP contribution in [-0.2, 0) is 11.3 Å². The molecule has 8 nitrogen and oxygen atoms in total. The molecule has 2 amide bonds. The van der Waals surface area contributed by atoms with Crippen molar-refractivity contribution in [2.24, 2.45) is 5.92 Å². The molecule has 2 heterocycles. The third kappa shape index (κ3) is 4.45. The molecular formula is C19H25N5O3. The first-order valence-corrected chi connectivity index (χ1v) is 9.15. The highest BCUT2D eigenvalue weighted by atomic mass is 16.2. The molecule has 0 aromatic carbocycles. The van der Waals surface area contributed by atoms with Gasteiger partial charge in [0.1, 0.15) is 12.1 Å². The highest BCUT2D eigenvalue weighted by molar-refractivity contribution is 5.93. The van der Waals surface area contributed by atoms with Gasteiger partial charge < -0.3 is 15.2 Å². The summed E-state index contributed by atoms with van der Waals surface area (Å²) < 4.78 is 1.25. The second-order valence-electron chi connectivity index (χ2n) is 7.15. The number of nitrogens with zero attached hydrogens (tertiary/aromatic N) is 2. The Morgan fingerprint density at radius 3 is 2.74 bits per heavy atom. The van der Waals surface area contributed by atoms with Crippen LogP contribution >= 0.6 is 0 Å². The summed E-state index contributed by atoms with van der Waals surface area (Å²) in [4.78, 5) is 37.1. The topological polar surface area (TPSA) is 109 Å². The van der Waals surface area contributed by atoms with Gasteiger partial charge in [0, 0.05) is 24.0 Å². The minimum Gasteiger partial charge on any atom is -0.352 e. The third-order valence-corrected chi connectivity index (χ3v) is 4.82. The first-order valence-electron chi connectivity index (χ1n) is 9.15. The van der Waals surface area contributed by atoms with E-state index in [0.29, 0.717) is 12.5 Å². The average Bonchev–Trinajstić information content (AvgIpc) is 3.38. The van der Waals surface area contributed by atoms with Crippen LogP contribution in [0.2, 0.25) is 0 Å². The summed E-state index contributed by atoms with van der Waals surface area (Å²) in [7, 11) is 0. The second kappa shape index (κ2) is 7.77. The summed E-state index contributed by atoms with van der Waals surface area (Å²) in [5.74, 6) is -0.165. The van der Waals surface area contributed by atoms with Crippen LogP contribution in [0, 0.1) is 19.8 Å². The van der Waals surface area contributed by atoms with E-state index in [-0.39, 0.29) is 30.0 Å². The molecule has 2 aromatic heterocycles. The fraction of sp³-hybridized carbons (Fsp3) is 0.474. The highest BCUT2D eigenvalue weighted by Crippen LogP contribution is 2.27. The number of hydrogen-bond acceptors (Lipinski definition) is 4. The van der Waals surface area contributed by atoms with Crippen LogP contribution in [0.4, 0.5) is 0 Å². The summed E-state index contributed by atoms with van der Waals surface area (Å²) in [5.41, 5.74) is 2.24. The zero-order valence-corrected chi connectivity index (χ0v) is 15.8. The van der Waals surface area contributed by atoms with Crippen molar-refractivity contribution in [1.82, 2.24) is 25.4 Å². The fourth-order valence-corrected chi connectivity index (χ4v) is 3.20. The van der Waals surface area contributed by atoms with E-state index in [2.05, 4.69) is 20.8 Å². The molecule has 144 valence electrons. The van der Waals surface area contributed by atoms with Gasteiger partial charge in [-0.2, -0.15) is 5.10 Å². The molecule has 1 fully saturated rings. The van der Waals surface area contributed by atoms with Crippen LogP contribution < -0.4 is 16.2 Å². The standard InChI is InChI=1S/C19H25N5O3/c1-11(17-12(2)22-23-13(17)3)21-16(25)10-24-8-4-5-15(19(24)27)18(26)20-9-14-6-7-14/h4-5,8,11,14H,6-7,9-10H2,1-3H3,(H,20,26)(H,21,25)(H,22,23)/t11-/m1/s1. The number of carbonyl (C=O) groups is 2. The molecular weight excluding hydrogens is 346 g/mol. The number of amides is 2. The van der Waals surface area contributed by atoms with Crippen LogP contribution in [0.3, 0.4) is 0 Å². The molecule has 3 rings (SSSR count). The highest BCUT2D eigenvalue weighted by Gasteiger charge is 2.23. The Hall–Kier alpha value is -2.90. The molecule has 0 aliphatic heterocycles. The van der Waals surface area contributed by atoms with Gasteiger partial charge in [0.2, 0.25) is 5.91 Å². The molecule has 0 spiro atoms. The maximum atomic E-state index is 12.5. The lowest BCUT2D eigenvalue weighted by molar-refractivity contribution is -0.122. The molecule has 0 radical (unpaired) electrons. The maximum Gasteiger partial charge on any atom is 0.263 e. The Bertz CT molecular complexity index is 891. The summed E-state index contributed by atoms with van der Waals surface area (Å²) in [6, 6.07) is 2.85. The molecule has 1 aliphatic carbocycles. The van der Waals surface area contributed by atoms with E-state index in [1.54, 1.807) is 6.07 Å². The first-order chi connectivity index (χ1) is 12.9. The Morgan fingerprint density at radius 2 is 2.11 bits per heavy atom. The lowest BCUT2D eigenvalue weighted by Gasteiger charge is -2.15. The lowest BCUT2D eigenvalue weighted by atomic mass is 10.1. The summed E-state index contributed by atoms with van der Waals surface area (Å²) >= 11 is 0. The molecule has 1 aliphatic rings. The zero-order chi connectivity index (χ0) is 19.6. The normalized spacial score (nSPS) is 14.6. The van der Waals surface area contributed by atoms with E-state index < -0.39 is 5.56 Å². The maximum absolute atomic E-state index is 12.5. The Kier molecular flexibility index (Phi) is 5.43. The Morgan fingerprint density at radius 1 is 1.37 bits per heavy atom. The van der Waals surface area contributed by atoms with E-state index in [1.165, 1.54) is 16.8 Å². The van der Waals surface area contributed by atoms with Gasteiger partial charge >= 0.3 is 0 Å². The predicted octanol–water partition coefficient (Wildman–Crippen LogP) is 1.21. The van der Waals surface area contributed by atoms with Crippen LogP contribution in [0.15, 0.2) is 23.1 Å². The average molecular weight is 371 g/mol. The molecule has 3 N–H and O–H groups in total. The SMILES string of the molecule is Cc1n[nH]c(C)c1[C@@H](C)NC(=O)Cn1cccc(C(=O)NCC2CC2)c1=O. The van der Waals surface area contributed by atoms with Crippen LogP contribution in [0.5, 0.6) is 0 Å². The second-order valence-corrected chi connectivity index (χ2v) is 7.15. The van der Waals surface area contributed by atoms with Crippen molar-refractivity contribution >= 4 is 11.8 Å². The van der Waals surface area contributed by atoms with Crippen molar-refractivity contribution in [3.8, 4) is 0 Å². The van der Waals surface area contributed by atoms with Crippen molar-refractivity contribution in [2.45, 2.75) is 46.2 Å². The van der Waals surface area contributed by atoms with Gasteiger partial charge in [0.15, 0.2) is 0 Å². The van der Waals surface area contributed by atoms with Gasteiger partial charge in [0.05, 0.1) is 11.7 Å². The Labute approximate surface area is 157 Å². The van der Waals surface area contributed by atoms with E-state index in [0.717, 1.165) is 29.8 Å². The number of hydrogen-bond donors (Lipinski definition) is 3. The van der Waals surface area contributed by atoms with Crippen molar-refractivity contribution in [3.05, 3.63) is 51.2 Å². The van der Waals surface area contributed by atoms with E-state index in [1.807, 2.05) is 20.8 Å². The first kappa shape index (κ1) is 18.9. The largest absolute Gasteiger partial charge is 0.352 e. The van der Waals surface area contributed by atoms with Crippen molar-refractivity contribution < 1.29 is 9.59 Å². The van der Waals surface area contributed by atoms with Gasteiger partial charge in [0.25, 0.3) is 11.5 Å². The van der Waals surface area contributed by atoms with Crippen molar-refractivity contribution in [1.29, 1.82) is 0 Å². The number of H-pyrrole nitrogens is 1. The number of aromatic nitrogens is 3. The van der Waals surface area contributed by atoms with E-state index in [9.17, 15) is 14.4 Å². The fourth-order valence-electron chi connectivity index (χ4n) is 3.20. The minimum absolute atomic E-state index is 0.0560. The molecule has 2 aromatic rings. The van der Waals surface area contributed by atoms with E-state index in [4.69, 9.17) is 0 Å². The number of rotatable bonds is 7. The number of carbonyl (C=O) groups excluding carboxylic acids is 2. The van der Waals surface area contributed by atoms with Crippen molar-refractivity contribution in [3.63, 3.8) is 0 Å². The number of aromatic amines is 1. The molecule has 1 saturated carbocycles. The number of pyridine rings is 1. The van der Waals surface area contributed by atoms with Gasteiger partial charge in [-0.1, -0.05) is 0 Å². The van der Waals surface area contributed by atoms with E-state index >= 15 is 0 Å². The molecule has 0 bridgehead atoms. The minimum atomic E-state index is -0.468. The molecule has 27 heavy (non-hydrogen) atoms. The quantitative estimate of drug-likeness (QED) is 0.679. The predicted molar refractivity (Wildman–Crippen MR) is 100 cm³/mol. The van der Waals surface area contributed by atoms with Crippen LogP contribution in [0.1, 0.15) is 53.1 Å². The smallest absolute Gasteiger partial charge is 0.263 e.